The maximum Gasteiger partial charge on any atom is 0.340 e. The van der Waals surface area contributed by atoms with Gasteiger partial charge in [0.25, 0.3) is 0 Å². The number of epoxide rings is 1. The second kappa shape index (κ2) is 7.13. The van der Waals surface area contributed by atoms with Gasteiger partial charge in [-0.15, -0.1) is 11.6 Å². The molecule has 2 saturated heterocycles. The predicted octanol–water partition coefficient (Wildman–Crippen LogP) is 1.63. The highest BCUT2D eigenvalue weighted by Crippen LogP contribution is 2.48. The average molecular weight is 415 g/mol. The van der Waals surface area contributed by atoms with Gasteiger partial charge >= 0.3 is 11.9 Å². The summed E-state index contributed by atoms with van der Waals surface area (Å²) >= 11 is 6.47. The third-order valence-electron chi connectivity index (χ3n) is 6.13. The van der Waals surface area contributed by atoms with Gasteiger partial charge in [0.1, 0.15) is 12.2 Å². The number of esters is 2. The zero-order valence-electron chi connectivity index (χ0n) is 16.5. The van der Waals surface area contributed by atoms with Crippen molar-refractivity contribution in [3.63, 3.8) is 0 Å². The minimum atomic E-state index is -2.09. The van der Waals surface area contributed by atoms with Crippen molar-refractivity contribution in [2.75, 3.05) is 0 Å². The normalized spacial score (nSPS) is 42.8. The van der Waals surface area contributed by atoms with E-state index in [1.165, 1.54) is 13.8 Å². The summed E-state index contributed by atoms with van der Waals surface area (Å²) in [5.74, 6) is -2.18. The Balaban J connectivity index is 1.97. The first-order valence-corrected chi connectivity index (χ1v) is 9.82. The van der Waals surface area contributed by atoms with Crippen LogP contribution in [0.3, 0.4) is 0 Å². The van der Waals surface area contributed by atoms with E-state index >= 15 is 0 Å². The van der Waals surface area contributed by atoms with Crippen LogP contribution in [-0.4, -0.2) is 63.1 Å². The van der Waals surface area contributed by atoms with E-state index in [1.807, 2.05) is 13.8 Å². The Morgan fingerprint density at radius 1 is 1.54 bits per heavy atom. The van der Waals surface area contributed by atoms with Crippen molar-refractivity contribution in [3.05, 3.63) is 23.8 Å². The predicted molar refractivity (Wildman–Crippen MR) is 101 cm³/mol. The summed E-state index contributed by atoms with van der Waals surface area (Å²) in [6.45, 7) is 10.1. The van der Waals surface area contributed by atoms with Gasteiger partial charge in [-0.05, 0) is 40.2 Å². The highest BCUT2D eigenvalue weighted by atomic mass is 35.5. The van der Waals surface area contributed by atoms with E-state index in [0.717, 1.165) is 5.57 Å². The van der Waals surface area contributed by atoms with Crippen LogP contribution < -0.4 is 0 Å². The summed E-state index contributed by atoms with van der Waals surface area (Å²) in [4.78, 5) is 24.8. The molecule has 2 aliphatic heterocycles. The van der Waals surface area contributed by atoms with Crippen LogP contribution in [0.2, 0.25) is 0 Å². The number of alkyl halides is 1. The second-order valence-corrected chi connectivity index (χ2v) is 8.95. The van der Waals surface area contributed by atoms with E-state index in [-0.39, 0.29) is 23.5 Å². The first-order chi connectivity index (χ1) is 12.9. The van der Waals surface area contributed by atoms with Crippen LogP contribution in [0.15, 0.2) is 23.8 Å². The van der Waals surface area contributed by atoms with Gasteiger partial charge in [-0.25, -0.2) is 9.59 Å². The van der Waals surface area contributed by atoms with E-state index in [9.17, 15) is 19.8 Å². The number of ether oxygens (including phenoxy) is 3. The van der Waals surface area contributed by atoms with Crippen molar-refractivity contribution in [2.45, 2.75) is 81.5 Å². The summed E-state index contributed by atoms with van der Waals surface area (Å²) < 4.78 is 16.9. The van der Waals surface area contributed by atoms with Crippen molar-refractivity contribution >= 4 is 23.5 Å². The molecule has 8 heteroatoms. The van der Waals surface area contributed by atoms with Crippen molar-refractivity contribution in [3.8, 4) is 0 Å². The number of hydrogen-bond acceptors (Lipinski definition) is 7. The fourth-order valence-electron chi connectivity index (χ4n) is 3.75. The van der Waals surface area contributed by atoms with Crippen LogP contribution in [0.5, 0.6) is 0 Å². The lowest BCUT2D eigenvalue weighted by Crippen LogP contribution is -2.49. The van der Waals surface area contributed by atoms with E-state index in [1.54, 1.807) is 6.08 Å². The third kappa shape index (κ3) is 3.73. The molecule has 8 atom stereocenters. The number of aliphatic hydroxyl groups excluding tert-OH is 1. The monoisotopic (exact) mass is 414 g/mol. The molecule has 0 aromatic heterocycles. The lowest BCUT2D eigenvalue weighted by atomic mass is 9.82. The number of hydrogen-bond donors (Lipinski definition) is 2. The Morgan fingerprint density at radius 3 is 2.79 bits per heavy atom. The number of halogens is 1. The Labute approximate surface area is 169 Å². The van der Waals surface area contributed by atoms with Crippen molar-refractivity contribution in [1.82, 2.24) is 0 Å². The van der Waals surface area contributed by atoms with Gasteiger partial charge < -0.3 is 24.4 Å². The number of rotatable bonds is 3. The van der Waals surface area contributed by atoms with Gasteiger partial charge in [-0.3, -0.25) is 0 Å². The van der Waals surface area contributed by atoms with E-state index in [4.69, 9.17) is 25.8 Å². The van der Waals surface area contributed by atoms with Crippen molar-refractivity contribution in [1.29, 1.82) is 0 Å². The molecule has 3 aliphatic rings. The van der Waals surface area contributed by atoms with Crippen LogP contribution in [0, 0.1) is 5.92 Å². The van der Waals surface area contributed by atoms with Gasteiger partial charge in [0, 0.05) is 12.0 Å². The molecule has 2 fully saturated rings. The van der Waals surface area contributed by atoms with Gasteiger partial charge in [-0.1, -0.05) is 12.2 Å². The fourth-order valence-corrected chi connectivity index (χ4v) is 3.99. The van der Waals surface area contributed by atoms with Gasteiger partial charge in [0.05, 0.1) is 29.1 Å². The van der Waals surface area contributed by atoms with E-state index in [2.05, 4.69) is 6.58 Å². The maximum absolute atomic E-state index is 12.6. The lowest BCUT2D eigenvalue weighted by molar-refractivity contribution is -0.183. The van der Waals surface area contributed by atoms with Crippen LogP contribution in [0.1, 0.15) is 40.5 Å². The van der Waals surface area contributed by atoms with E-state index in [0.29, 0.717) is 6.42 Å². The van der Waals surface area contributed by atoms with Gasteiger partial charge in [0.2, 0.25) is 0 Å². The Bertz CT molecular complexity index is 728. The number of allylic oxidation sites excluding steroid dienone is 1. The Hall–Kier alpha value is -1.41. The Morgan fingerprint density at radius 2 is 2.18 bits per heavy atom. The zero-order chi connectivity index (χ0) is 21.0. The average Bonchev–Trinajstić information content (AvgIpc) is 3.12. The summed E-state index contributed by atoms with van der Waals surface area (Å²) in [5.41, 5.74) is -1.65. The highest BCUT2D eigenvalue weighted by Gasteiger charge is 2.58. The van der Waals surface area contributed by atoms with Crippen LogP contribution in [-0.2, 0) is 23.8 Å². The minimum Gasteiger partial charge on any atom is -0.459 e. The quantitative estimate of drug-likeness (QED) is 0.238. The summed E-state index contributed by atoms with van der Waals surface area (Å²) in [6, 6.07) is 0. The molecule has 0 radical (unpaired) electrons. The molecule has 0 saturated carbocycles. The SMILES string of the molecule is C=C1C(=O)O[C@@H]2/C=C(/C)[C@@H](Cl)C[C@H]3O[C@]3(C)C[C@@H](OC(=O)[C@](C)(O)[C@@H](C)O)[C@@H]12. The standard InChI is InChI=1S/C20H27ClO7/c1-9-6-13-16(10(2)17(23)26-13)14(27-18(24)20(5,25)11(3)22)8-19(4)15(28-19)7-12(9)21/h6,11-16,22,25H,2,7-8H2,1,3-5H3/b9-6-/t11-,12+,13-,14-,15-,16+,19-,20-/m1/s1. The molecule has 1 aliphatic carbocycles. The number of carbonyl (C=O) groups excluding carboxylic acids is 2. The molecule has 0 spiro atoms. The first-order valence-electron chi connectivity index (χ1n) is 9.38. The molecule has 0 aromatic carbocycles. The summed E-state index contributed by atoms with van der Waals surface area (Å²) in [7, 11) is 0. The third-order valence-corrected chi connectivity index (χ3v) is 6.65. The van der Waals surface area contributed by atoms with Crippen LogP contribution >= 0.6 is 11.6 Å². The molecule has 3 rings (SSSR count). The van der Waals surface area contributed by atoms with Crippen LogP contribution in [0.4, 0.5) is 0 Å². The maximum atomic E-state index is 12.6. The summed E-state index contributed by atoms with van der Waals surface area (Å²) in [5, 5.41) is 19.7. The molecule has 2 heterocycles. The molecule has 0 bridgehead atoms. The minimum absolute atomic E-state index is 0.111. The molecule has 0 unspecified atom stereocenters. The molecule has 2 N–H and O–H groups in total. The van der Waals surface area contributed by atoms with Crippen molar-refractivity contribution in [2.24, 2.45) is 5.92 Å². The molecule has 28 heavy (non-hydrogen) atoms. The number of carbonyl (C=O) groups is 2. The van der Waals surface area contributed by atoms with Crippen LogP contribution in [0.25, 0.3) is 0 Å². The zero-order valence-corrected chi connectivity index (χ0v) is 17.2. The smallest absolute Gasteiger partial charge is 0.340 e. The molecule has 156 valence electrons. The first kappa shape index (κ1) is 21.3. The summed E-state index contributed by atoms with van der Waals surface area (Å²) in [6.07, 6.45) is -0.330. The molecule has 7 nitrogen and oxygen atoms in total. The van der Waals surface area contributed by atoms with Gasteiger partial charge in [0.15, 0.2) is 5.60 Å². The molecular formula is C20H27ClO7. The molecule has 0 aromatic rings. The Kier molecular flexibility index (Phi) is 5.42. The molecular weight excluding hydrogens is 388 g/mol. The second-order valence-electron chi connectivity index (χ2n) is 8.43. The van der Waals surface area contributed by atoms with Gasteiger partial charge in [-0.2, -0.15) is 0 Å². The number of aliphatic hydroxyl groups is 2. The van der Waals surface area contributed by atoms with E-state index < -0.39 is 47.4 Å². The molecule has 0 amide bonds. The topological polar surface area (TPSA) is 106 Å². The largest absolute Gasteiger partial charge is 0.459 e. The lowest BCUT2D eigenvalue weighted by Gasteiger charge is -2.32. The fraction of sp³-hybridized carbons (Fsp3) is 0.700. The number of fused-ring (bicyclic) bond motifs is 2. The van der Waals surface area contributed by atoms with Crippen molar-refractivity contribution < 1.29 is 34.0 Å². The highest BCUT2D eigenvalue weighted by molar-refractivity contribution is 6.22.